The lowest BCUT2D eigenvalue weighted by Gasteiger charge is -2.09. The highest BCUT2D eigenvalue weighted by atomic mass is 32.2. The van der Waals surface area contributed by atoms with Crippen LogP contribution in [0.4, 0.5) is 10.1 Å². The second-order valence-corrected chi connectivity index (χ2v) is 8.32. The van der Waals surface area contributed by atoms with E-state index in [2.05, 4.69) is 5.32 Å². The number of anilines is 1. The summed E-state index contributed by atoms with van der Waals surface area (Å²) in [6.45, 7) is 1.52. The SMILES string of the molecule is CCS(=O)(=O)c1ccc(O)c(NC(=O)c2ccc(COc3ccc(F)cc3)o2)c1. The summed E-state index contributed by atoms with van der Waals surface area (Å²) >= 11 is 0. The first-order chi connectivity index (χ1) is 13.8. The fraction of sp³-hybridized carbons (Fsp3) is 0.150. The van der Waals surface area contributed by atoms with Crippen molar-refractivity contribution in [2.24, 2.45) is 0 Å². The first kappa shape index (κ1) is 20.4. The number of phenolic OH excluding ortho intramolecular Hbond substituents is 1. The Morgan fingerprint density at radius 3 is 2.55 bits per heavy atom. The number of benzene rings is 2. The molecular weight excluding hydrogens is 401 g/mol. The molecular formula is C20H18FNO6S. The van der Waals surface area contributed by atoms with Gasteiger partial charge in [-0.05, 0) is 54.6 Å². The van der Waals surface area contributed by atoms with Crippen LogP contribution < -0.4 is 10.1 Å². The Morgan fingerprint density at radius 1 is 1.14 bits per heavy atom. The van der Waals surface area contributed by atoms with Crippen molar-refractivity contribution < 1.29 is 31.9 Å². The number of carbonyl (C=O) groups excluding carboxylic acids is 1. The number of carbonyl (C=O) groups is 1. The van der Waals surface area contributed by atoms with E-state index in [1.807, 2.05) is 0 Å². The topological polar surface area (TPSA) is 106 Å². The molecule has 9 heteroatoms. The summed E-state index contributed by atoms with van der Waals surface area (Å²) in [7, 11) is -3.50. The Morgan fingerprint density at radius 2 is 1.86 bits per heavy atom. The van der Waals surface area contributed by atoms with E-state index in [-0.39, 0.29) is 40.3 Å². The van der Waals surface area contributed by atoms with Gasteiger partial charge in [0.15, 0.2) is 15.6 Å². The molecule has 1 amide bonds. The van der Waals surface area contributed by atoms with E-state index in [9.17, 15) is 22.7 Å². The van der Waals surface area contributed by atoms with Crippen molar-refractivity contribution in [1.29, 1.82) is 0 Å². The summed E-state index contributed by atoms with van der Waals surface area (Å²) in [5.74, 6) is -0.696. The molecule has 152 valence electrons. The van der Waals surface area contributed by atoms with Gasteiger partial charge < -0.3 is 19.6 Å². The highest BCUT2D eigenvalue weighted by Gasteiger charge is 2.17. The van der Waals surface area contributed by atoms with E-state index in [0.29, 0.717) is 11.5 Å². The van der Waals surface area contributed by atoms with Crippen molar-refractivity contribution in [2.45, 2.75) is 18.4 Å². The molecule has 1 aromatic heterocycles. The predicted molar refractivity (Wildman–Crippen MR) is 103 cm³/mol. The molecule has 0 radical (unpaired) electrons. The lowest BCUT2D eigenvalue weighted by molar-refractivity contribution is 0.0992. The second kappa shape index (κ2) is 8.36. The zero-order chi connectivity index (χ0) is 21.0. The Hall–Kier alpha value is -3.33. The van der Waals surface area contributed by atoms with E-state index in [0.717, 1.165) is 0 Å². The fourth-order valence-electron chi connectivity index (χ4n) is 2.42. The highest BCUT2D eigenvalue weighted by Crippen LogP contribution is 2.27. The summed E-state index contributed by atoms with van der Waals surface area (Å²) < 4.78 is 47.7. The maximum absolute atomic E-state index is 12.9. The third kappa shape index (κ3) is 4.94. The molecule has 2 N–H and O–H groups in total. The maximum Gasteiger partial charge on any atom is 0.291 e. The smallest absolute Gasteiger partial charge is 0.291 e. The number of sulfone groups is 1. The van der Waals surface area contributed by atoms with Gasteiger partial charge in [0.05, 0.1) is 16.3 Å². The Balaban J connectivity index is 1.69. The van der Waals surface area contributed by atoms with Crippen LogP contribution in [-0.4, -0.2) is 25.2 Å². The van der Waals surface area contributed by atoms with Crippen LogP contribution in [0.5, 0.6) is 11.5 Å². The zero-order valence-electron chi connectivity index (χ0n) is 15.4. The standard InChI is InChI=1S/C20H18FNO6S/c1-2-29(25,26)16-8-9-18(23)17(11-16)22-20(24)19-10-7-15(28-19)12-27-14-5-3-13(21)4-6-14/h3-11,23H,2,12H2,1H3,(H,22,24). The van der Waals surface area contributed by atoms with E-state index in [4.69, 9.17) is 9.15 Å². The number of aromatic hydroxyl groups is 1. The molecule has 0 aliphatic carbocycles. The highest BCUT2D eigenvalue weighted by molar-refractivity contribution is 7.91. The van der Waals surface area contributed by atoms with Crippen LogP contribution in [0.25, 0.3) is 0 Å². The van der Waals surface area contributed by atoms with Gasteiger partial charge in [-0.25, -0.2) is 12.8 Å². The molecule has 0 fully saturated rings. The number of phenols is 1. The molecule has 3 rings (SSSR count). The van der Waals surface area contributed by atoms with E-state index >= 15 is 0 Å². The van der Waals surface area contributed by atoms with Gasteiger partial charge in [0, 0.05) is 0 Å². The molecule has 0 aliphatic heterocycles. The molecule has 1 heterocycles. The molecule has 0 spiro atoms. The van der Waals surface area contributed by atoms with Crippen LogP contribution in [-0.2, 0) is 16.4 Å². The molecule has 0 atom stereocenters. The summed E-state index contributed by atoms with van der Waals surface area (Å²) in [5, 5.41) is 12.3. The average molecular weight is 419 g/mol. The number of ether oxygens (including phenoxy) is 1. The van der Waals surface area contributed by atoms with Crippen LogP contribution in [0, 0.1) is 5.82 Å². The quantitative estimate of drug-likeness (QED) is 0.565. The van der Waals surface area contributed by atoms with Gasteiger partial charge in [-0.1, -0.05) is 6.92 Å². The van der Waals surface area contributed by atoms with Gasteiger partial charge in [0.1, 0.15) is 29.7 Å². The van der Waals surface area contributed by atoms with E-state index in [1.54, 1.807) is 0 Å². The zero-order valence-corrected chi connectivity index (χ0v) is 16.2. The molecule has 29 heavy (non-hydrogen) atoms. The van der Waals surface area contributed by atoms with Crippen molar-refractivity contribution in [2.75, 3.05) is 11.1 Å². The normalized spacial score (nSPS) is 11.2. The Kier molecular flexibility index (Phi) is 5.88. The van der Waals surface area contributed by atoms with Crippen molar-refractivity contribution in [3.8, 4) is 11.5 Å². The first-order valence-corrected chi connectivity index (χ1v) is 10.3. The van der Waals surface area contributed by atoms with Gasteiger partial charge >= 0.3 is 0 Å². The van der Waals surface area contributed by atoms with Crippen molar-refractivity contribution in [1.82, 2.24) is 0 Å². The van der Waals surface area contributed by atoms with Gasteiger partial charge in [-0.2, -0.15) is 0 Å². The number of halogens is 1. The van der Waals surface area contributed by atoms with Crippen LogP contribution in [0.3, 0.4) is 0 Å². The van der Waals surface area contributed by atoms with E-state index < -0.39 is 15.7 Å². The van der Waals surface area contributed by atoms with Crippen LogP contribution in [0.2, 0.25) is 0 Å². The predicted octanol–water partition coefficient (Wildman–Crippen LogP) is 3.75. The molecule has 0 saturated heterocycles. The fourth-order valence-corrected chi connectivity index (χ4v) is 3.33. The Bertz CT molecular complexity index is 1120. The molecule has 3 aromatic rings. The van der Waals surface area contributed by atoms with Crippen LogP contribution in [0.15, 0.2) is 63.9 Å². The minimum Gasteiger partial charge on any atom is -0.506 e. The van der Waals surface area contributed by atoms with Crippen LogP contribution >= 0.6 is 0 Å². The lowest BCUT2D eigenvalue weighted by atomic mass is 10.3. The summed E-state index contributed by atoms with van der Waals surface area (Å²) in [6.07, 6.45) is 0. The van der Waals surface area contributed by atoms with E-state index in [1.165, 1.54) is 61.5 Å². The number of hydrogen-bond acceptors (Lipinski definition) is 6. The number of hydrogen-bond donors (Lipinski definition) is 2. The lowest BCUT2D eigenvalue weighted by Crippen LogP contribution is -2.12. The van der Waals surface area contributed by atoms with Gasteiger partial charge in [-0.3, -0.25) is 4.79 Å². The second-order valence-electron chi connectivity index (χ2n) is 6.05. The Labute approximate surface area is 166 Å². The molecule has 7 nitrogen and oxygen atoms in total. The summed E-state index contributed by atoms with van der Waals surface area (Å²) in [4.78, 5) is 12.4. The third-order valence-electron chi connectivity index (χ3n) is 4.04. The largest absolute Gasteiger partial charge is 0.506 e. The number of rotatable bonds is 7. The third-order valence-corrected chi connectivity index (χ3v) is 5.77. The molecule has 0 unspecified atom stereocenters. The number of amides is 1. The minimum atomic E-state index is -3.50. The number of furan rings is 1. The molecule has 0 aliphatic rings. The summed E-state index contributed by atoms with van der Waals surface area (Å²) in [6, 6.07) is 12.1. The van der Waals surface area contributed by atoms with Gasteiger partial charge in [-0.15, -0.1) is 0 Å². The minimum absolute atomic E-state index is 0.0130. The summed E-state index contributed by atoms with van der Waals surface area (Å²) in [5.41, 5.74) is -0.0509. The number of nitrogens with one attached hydrogen (secondary N) is 1. The average Bonchev–Trinajstić information content (AvgIpc) is 3.18. The molecule has 0 saturated carbocycles. The molecule has 0 bridgehead atoms. The van der Waals surface area contributed by atoms with Crippen molar-refractivity contribution in [3.05, 3.63) is 71.9 Å². The maximum atomic E-state index is 12.9. The monoisotopic (exact) mass is 419 g/mol. The van der Waals surface area contributed by atoms with Crippen LogP contribution in [0.1, 0.15) is 23.2 Å². The first-order valence-electron chi connectivity index (χ1n) is 8.62. The van der Waals surface area contributed by atoms with Crippen molar-refractivity contribution in [3.63, 3.8) is 0 Å². The van der Waals surface area contributed by atoms with Crippen molar-refractivity contribution >= 4 is 21.4 Å². The van der Waals surface area contributed by atoms with Gasteiger partial charge in [0.2, 0.25) is 0 Å². The van der Waals surface area contributed by atoms with Gasteiger partial charge in [0.25, 0.3) is 5.91 Å². The molecule has 2 aromatic carbocycles.